The summed E-state index contributed by atoms with van der Waals surface area (Å²) >= 11 is 0. The zero-order chi connectivity index (χ0) is 15.2. The van der Waals surface area contributed by atoms with Crippen molar-refractivity contribution in [2.24, 2.45) is 5.10 Å². The lowest BCUT2D eigenvalue weighted by molar-refractivity contribution is 0.0955. The molecule has 0 atom stereocenters. The molecule has 108 valence electrons. The molecule has 2 aromatic rings. The van der Waals surface area contributed by atoms with Crippen LogP contribution in [0.25, 0.3) is 0 Å². The van der Waals surface area contributed by atoms with Gasteiger partial charge >= 0.3 is 0 Å². The van der Waals surface area contributed by atoms with Crippen LogP contribution in [-0.2, 0) is 0 Å². The summed E-state index contributed by atoms with van der Waals surface area (Å²) in [5.74, 6) is 0.604. The van der Waals surface area contributed by atoms with Crippen molar-refractivity contribution in [3.8, 4) is 5.75 Å². The molecule has 2 rings (SSSR count). The fraction of sp³-hybridized carbons (Fsp3) is 0.176. The average Bonchev–Trinajstić information content (AvgIpc) is 2.48. The molecule has 1 N–H and O–H groups in total. The fourth-order valence-corrected chi connectivity index (χ4v) is 1.92. The summed E-state index contributed by atoms with van der Waals surface area (Å²) in [7, 11) is 1.64. The highest BCUT2D eigenvalue weighted by molar-refractivity contribution is 5.94. The minimum Gasteiger partial charge on any atom is -0.496 e. The Hall–Kier alpha value is -2.62. The van der Waals surface area contributed by atoms with Gasteiger partial charge in [-0.3, -0.25) is 4.79 Å². The van der Waals surface area contributed by atoms with E-state index in [0.717, 1.165) is 22.4 Å². The van der Waals surface area contributed by atoms with E-state index in [1.54, 1.807) is 25.5 Å². The van der Waals surface area contributed by atoms with E-state index in [9.17, 15) is 4.79 Å². The number of hydrogen-bond acceptors (Lipinski definition) is 3. The summed E-state index contributed by atoms with van der Waals surface area (Å²) in [5, 5.41) is 3.97. The Morgan fingerprint density at radius 2 is 1.86 bits per heavy atom. The van der Waals surface area contributed by atoms with Gasteiger partial charge in [-0.25, -0.2) is 5.43 Å². The van der Waals surface area contributed by atoms with Gasteiger partial charge in [-0.15, -0.1) is 0 Å². The van der Waals surface area contributed by atoms with Gasteiger partial charge in [0.2, 0.25) is 0 Å². The molecule has 0 aromatic heterocycles. The predicted molar refractivity (Wildman–Crippen MR) is 84.0 cm³/mol. The summed E-state index contributed by atoms with van der Waals surface area (Å²) in [6.07, 6.45) is 1.61. The molecule has 0 saturated heterocycles. The zero-order valence-electron chi connectivity index (χ0n) is 12.4. The van der Waals surface area contributed by atoms with Crippen molar-refractivity contribution in [2.75, 3.05) is 7.11 Å². The minimum atomic E-state index is -0.225. The van der Waals surface area contributed by atoms with Crippen LogP contribution < -0.4 is 10.2 Å². The Morgan fingerprint density at radius 1 is 1.14 bits per heavy atom. The second kappa shape index (κ2) is 6.70. The van der Waals surface area contributed by atoms with Gasteiger partial charge in [-0.1, -0.05) is 17.7 Å². The molecule has 0 unspecified atom stereocenters. The number of carbonyl (C=O) groups is 1. The molecule has 0 bridgehead atoms. The minimum absolute atomic E-state index is 0.225. The number of nitrogens with zero attached hydrogens (tertiary/aromatic N) is 1. The lowest BCUT2D eigenvalue weighted by atomic mass is 10.1. The number of hydrazone groups is 1. The number of carbonyl (C=O) groups excluding carboxylic acids is 1. The Kier molecular flexibility index (Phi) is 4.72. The Balaban J connectivity index is 2.00. The summed E-state index contributed by atoms with van der Waals surface area (Å²) in [6.45, 7) is 3.94. The average molecular weight is 282 g/mol. The highest BCUT2D eigenvalue weighted by Gasteiger charge is 2.03. The van der Waals surface area contributed by atoms with Crippen molar-refractivity contribution in [3.63, 3.8) is 0 Å². The molecule has 0 aliphatic rings. The Bertz CT molecular complexity index is 661. The van der Waals surface area contributed by atoms with E-state index in [2.05, 4.69) is 10.5 Å². The van der Waals surface area contributed by atoms with Crippen molar-refractivity contribution < 1.29 is 9.53 Å². The van der Waals surface area contributed by atoms with Crippen molar-refractivity contribution in [1.82, 2.24) is 5.43 Å². The largest absolute Gasteiger partial charge is 0.496 e. The molecule has 0 aliphatic carbocycles. The van der Waals surface area contributed by atoms with E-state index >= 15 is 0 Å². The lowest BCUT2D eigenvalue weighted by Gasteiger charge is -2.04. The van der Waals surface area contributed by atoms with Crippen molar-refractivity contribution >= 4 is 12.1 Å². The molecule has 21 heavy (non-hydrogen) atoms. The summed E-state index contributed by atoms with van der Waals surface area (Å²) < 4.78 is 5.20. The van der Waals surface area contributed by atoms with Gasteiger partial charge < -0.3 is 4.74 Å². The first-order chi connectivity index (χ1) is 10.1. The van der Waals surface area contributed by atoms with Crippen LogP contribution in [-0.4, -0.2) is 19.2 Å². The third kappa shape index (κ3) is 3.92. The zero-order valence-corrected chi connectivity index (χ0v) is 12.4. The van der Waals surface area contributed by atoms with Gasteiger partial charge in [0.05, 0.1) is 13.3 Å². The smallest absolute Gasteiger partial charge is 0.271 e. The van der Waals surface area contributed by atoms with Crippen LogP contribution in [0.4, 0.5) is 0 Å². The van der Waals surface area contributed by atoms with E-state index < -0.39 is 0 Å². The van der Waals surface area contributed by atoms with Gasteiger partial charge in [0, 0.05) is 5.56 Å². The second-order valence-corrected chi connectivity index (χ2v) is 4.79. The highest BCUT2D eigenvalue weighted by atomic mass is 16.5. The second-order valence-electron chi connectivity index (χ2n) is 4.79. The Labute approximate surface area is 124 Å². The number of nitrogens with one attached hydrogen (secondary N) is 1. The molecule has 1 amide bonds. The van der Waals surface area contributed by atoms with Crippen molar-refractivity contribution in [3.05, 3.63) is 64.7 Å². The maximum Gasteiger partial charge on any atom is 0.271 e. The van der Waals surface area contributed by atoms with Gasteiger partial charge in [0.15, 0.2) is 0 Å². The van der Waals surface area contributed by atoms with E-state index in [0.29, 0.717) is 5.56 Å². The van der Waals surface area contributed by atoms with Crippen LogP contribution in [0.5, 0.6) is 5.75 Å². The molecule has 2 aromatic carbocycles. The highest BCUT2D eigenvalue weighted by Crippen LogP contribution is 2.17. The van der Waals surface area contributed by atoms with Gasteiger partial charge in [-0.05, 0) is 55.3 Å². The number of benzene rings is 2. The molecule has 0 aliphatic heterocycles. The summed E-state index contributed by atoms with van der Waals surface area (Å²) in [5.41, 5.74) is 6.14. The quantitative estimate of drug-likeness (QED) is 0.692. The van der Waals surface area contributed by atoms with Crippen LogP contribution in [0.2, 0.25) is 0 Å². The molecule has 4 nitrogen and oxygen atoms in total. The van der Waals surface area contributed by atoms with Gasteiger partial charge in [-0.2, -0.15) is 5.10 Å². The van der Waals surface area contributed by atoms with E-state index in [-0.39, 0.29) is 5.91 Å². The topological polar surface area (TPSA) is 50.7 Å². The molecule has 0 heterocycles. The van der Waals surface area contributed by atoms with Crippen LogP contribution in [0.3, 0.4) is 0 Å². The molecule has 0 spiro atoms. The normalized spacial score (nSPS) is 10.6. The van der Waals surface area contributed by atoms with Gasteiger partial charge in [0.1, 0.15) is 5.75 Å². The standard InChI is InChI=1S/C17H18N2O2/c1-12-4-7-15(8-5-12)17(20)19-18-11-14-6-9-16(21-3)13(2)10-14/h4-11H,1-3H3,(H,19,20)/b18-11-. The molecular weight excluding hydrogens is 264 g/mol. The SMILES string of the molecule is COc1ccc(/C=N\NC(=O)c2ccc(C)cc2)cc1C. The monoisotopic (exact) mass is 282 g/mol. The predicted octanol–water partition coefficient (Wildman–Crippen LogP) is 3.08. The number of ether oxygens (including phenoxy) is 1. The molecule has 0 fully saturated rings. The third-order valence-electron chi connectivity index (χ3n) is 3.11. The maximum absolute atomic E-state index is 11.9. The van der Waals surface area contributed by atoms with Crippen molar-refractivity contribution in [1.29, 1.82) is 0 Å². The van der Waals surface area contributed by atoms with Crippen LogP contribution in [0.1, 0.15) is 27.0 Å². The van der Waals surface area contributed by atoms with E-state index in [4.69, 9.17) is 4.74 Å². The first-order valence-corrected chi connectivity index (χ1v) is 6.65. The first-order valence-electron chi connectivity index (χ1n) is 6.65. The lowest BCUT2D eigenvalue weighted by Crippen LogP contribution is -2.17. The molecular formula is C17H18N2O2. The summed E-state index contributed by atoms with van der Waals surface area (Å²) in [4.78, 5) is 11.9. The maximum atomic E-state index is 11.9. The van der Waals surface area contributed by atoms with Crippen LogP contribution >= 0.6 is 0 Å². The number of hydrogen-bond donors (Lipinski definition) is 1. The Morgan fingerprint density at radius 3 is 2.48 bits per heavy atom. The van der Waals surface area contributed by atoms with E-state index in [1.807, 2.05) is 44.2 Å². The number of methoxy groups -OCH3 is 1. The fourth-order valence-electron chi connectivity index (χ4n) is 1.92. The van der Waals surface area contributed by atoms with Crippen LogP contribution in [0.15, 0.2) is 47.6 Å². The van der Waals surface area contributed by atoms with E-state index in [1.165, 1.54) is 0 Å². The van der Waals surface area contributed by atoms with Crippen molar-refractivity contribution in [2.45, 2.75) is 13.8 Å². The number of amides is 1. The van der Waals surface area contributed by atoms with Gasteiger partial charge in [0.25, 0.3) is 5.91 Å². The number of aryl methyl sites for hydroxylation is 2. The summed E-state index contributed by atoms with van der Waals surface area (Å²) in [6, 6.07) is 13.0. The molecule has 0 saturated carbocycles. The number of rotatable bonds is 4. The van der Waals surface area contributed by atoms with Crippen LogP contribution in [0, 0.1) is 13.8 Å². The molecule has 4 heteroatoms. The first kappa shape index (κ1) is 14.8. The molecule has 0 radical (unpaired) electrons. The third-order valence-corrected chi connectivity index (χ3v) is 3.11.